The zero-order valence-electron chi connectivity index (χ0n) is 20.7. The second-order valence-corrected chi connectivity index (χ2v) is 8.61. The maximum absolute atomic E-state index is 13.0. The smallest absolute Gasteiger partial charge is 0.276 e. The van der Waals surface area contributed by atoms with Crippen LogP contribution in [0.1, 0.15) is 36.1 Å². The lowest BCUT2D eigenvalue weighted by Crippen LogP contribution is -2.29. The molecule has 35 heavy (non-hydrogen) atoms. The number of hydrogen-bond acceptors (Lipinski definition) is 5. The molecule has 2 heterocycles. The highest BCUT2D eigenvalue weighted by molar-refractivity contribution is 5.76. The number of benzene rings is 2. The third-order valence-corrected chi connectivity index (χ3v) is 6.27. The predicted octanol–water partition coefficient (Wildman–Crippen LogP) is 4.06. The number of aryl methyl sites for hydroxylation is 3. The largest absolute Gasteiger partial charge is 0.493 e. The highest BCUT2D eigenvalue weighted by Gasteiger charge is 2.14. The molecular formula is C27H30N4O4. The summed E-state index contributed by atoms with van der Waals surface area (Å²) in [5.41, 5.74) is 5.27. The molecule has 0 spiro atoms. The van der Waals surface area contributed by atoms with E-state index in [1.165, 1.54) is 11.1 Å². The fourth-order valence-electron chi connectivity index (χ4n) is 3.99. The molecule has 0 saturated carbocycles. The number of carbonyl (C=O) groups is 1. The summed E-state index contributed by atoms with van der Waals surface area (Å²) in [5, 5.41) is 7.53. The van der Waals surface area contributed by atoms with Gasteiger partial charge in [0.25, 0.3) is 5.56 Å². The summed E-state index contributed by atoms with van der Waals surface area (Å²) >= 11 is 0. The van der Waals surface area contributed by atoms with Gasteiger partial charge in [-0.05, 0) is 61.7 Å². The molecule has 2 aromatic carbocycles. The molecule has 0 radical (unpaired) electrons. The first-order valence-electron chi connectivity index (χ1n) is 11.5. The van der Waals surface area contributed by atoms with Gasteiger partial charge in [0.15, 0.2) is 11.5 Å². The predicted molar refractivity (Wildman–Crippen MR) is 135 cm³/mol. The molecule has 0 aliphatic heterocycles. The Morgan fingerprint density at radius 3 is 2.49 bits per heavy atom. The summed E-state index contributed by atoms with van der Waals surface area (Å²) in [4.78, 5) is 25.6. The molecule has 182 valence electrons. The number of methoxy groups -OCH3 is 2. The van der Waals surface area contributed by atoms with Crippen LogP contribution in [-0.2, 0) is 11.3 Å². The number of carbonyl (C=O) groups excluding carboxylic acids is 1. The van der Waals surface area contributed by atoms with Crippen LogP contribution >= 0.6 is 0 Å². The number of hydrogen-bond donors (Lipinski definition) is 1. The first-order valence-corrected chi connectivity index (χ1v) is 11.5. The summed E-state index contributed by atoms with van der Waals surface area (Å²) in [6.45, 7) is 6.28. The van der Waals surface area contributed by atoms with Crippen molar-refractivity contribution in [1.29, 1.82) is 0 Å². The number of nitrogens with one attached hydrogen (secondary N) is 1. The van der Waals surface area contributed by atoms with Crippen molar-refractivity contribution in [3.63, 3.8) is 0 Å². The minimum Gasteiger partial charge on any atom is -0.493 e. The van der Waals surface area contributed by atoms with Crippen LogP contribution in [0.4, 0.5) is 0 Å². The summed E-state index contributed by atoms with van der Waals surface area (Å²) < 4.78 is 13.7. The lowest BCUT2D eigenvalue weighted by molar-refractivity contribution is -0.121. The van der Waals surface area contributed by atoms with Gasteiger partial charge in [-0.2, -0.15) is 5.10 Å². The summed E-state index contributed by atoms with van der Waals surface area (Å²) in [7, 11) is 3.15. The maximum atomic E-state index is 13.0. The molecule has 8 heteroatoms. The lowest BCUT2D eigenvalue weighted by Gasteiger charge is -2.17. The van der Waals surface area contributed by atoms with Crippen LogP contribution in [0.5, 0.6) is 11.5 Å². The zero-order valence-corrected chi connectivity index (χ0v) is 20.7. The molecule has 1 atom stereocenters. The Hall–Kier alpha value is -4.07. The molecule has 1 N–H and O–H groups in total. The van der Waals surface area contributed by atoms with Crippen molar-refractivity contribution >= 4 is 11.4 Å². The highest BCUT2D eigenvalue weighted by Crippen LogP contribution is 2.30. The van der Waals surface area contributed by atoms with E-state index in [0.29, 0.717) is 17.0 Å². The van der Waals surface area contributed by atoms with Crippen molar-refractivity contribution in [3.8, 4) is 22.8 Å². The summed E-state index contributed by atoms with van der Waals surface area (Å²) in [6.07, 6.45) is 3.58. The monoisotopic (exact) mass is 474 g/mol. The Balaban J connectivity index is 1.45. The van der Waals surface area contributed by atoms with E-state index in [-0.39, 0.29) is 30.5 Å². The number of fused-ring (bicyclic) bond motifs is 1. The highest BCUT2D eigenvalue weighted by atomic mass is 16.5. The van der Waals surface area contributed by atoms with Gasteiger partial charge < -0.3 is 19.4 Å². The molecule has 0 fully saturated rings. The van der Waals surface area contributed by atoms with E-state index in [1.54, 1.807) is 41.8 Å². The Kier molecular flexibility index (Phi) is 6.91. The van der Waals surface area contributed by atoms with Crippen molar-refractivity contribution in [3.05, 3.63) is 81.9 Å². The summed E-state index contributed by atoms with van der Waals surface area (Å²) in [6, 6.07) is 13.2. The van der Waals surface area contributed by atoms with Crippen LogP contribution in [-0.4, -0.2) is 34.3 Å². The van der Waals surface area contributed by atoms with Crippen molar-refractivity contribution in [2.24, 2.45) is 0 Å². The number of amides is 1. The van der Waals surface area contributed by atoms with E-state index < -0.39 is 0 Å². The van der Waals surface area contributed by atoms with Crippen LogP contribution in [0.2, 0.25) is 0 Å². The second kappa shape index (κ2) is 10.0. The van der Waals surface area contributed by atoms with Crippen LogP contribution in [0.3, 0.4) is 0 Å². The molecule has 4 rings (SSSR count). The van der Waals surface area contributed by atoms with Gasteiger partial charge in [0.05, 0.1) is 26.0 Å². The first kappa shape index (κ1) is 24.1. The van der Waals surface area contributed by atoms with Crippen molar-refractivity contribution in [1.82, 2.24) is 19.5 Å². The lowest BCUT2D eigenvalue weighted by atomic mass is 10.0. The third kappa shape index (κ3) is 5.06. The van der Waals surface area contributed by atoms with Crippen molar-refractivity contribution in [2.45, 2.75) is 39.8 Å². The number of nitrogens with zero attached hydrogens (tertiary/aromatic N) is 3. The molecule has 0 bridgehead atoms. The minimum absolute atomic E-state index is 0.150. The van der Waals surface area contributed by atoms with Crippen LogP contribution < -0.4 is 20.3 Å². The van der Waals surface area contributed by atoms with Gasteiger partial charge >= 0.3 is 0 Å². The molecule has 1 amide bonds. The quantitative estimate of drug-likeness (QED) is 0.416. The number of ether oxygens (including phenoxy) is 2. The topological polar surface area (TPSA) is 86.9 Å². The Morgan fingerprint density at radius 2 is 1.77 bits per heavy atom. The number of rotatable bonds is 8. The van der Waals surface area contributed by atoms with Gasteiger partial charge in [0, 0.05) is 30.9 Å². The van der Waals surface area contributed by atoms with Crippen LogP contribution in [0.25, 0.3) is 16.8 Å². The maximum Gasteiger partial charge on any atom is 0.276 e. The third-order valence-electron chi connectivity index (χ3n) is 6.27. The molecule has 0 aliphatic rings. The van der Waals surface area contributed by atoms with E-state index in [9.17, 15) is 9.59 Å². The van der Waals surface area contributed by atoms with Crippen molar-refractivity contribution < 1.29 is 14.3 Å². The van der Waals surface area contributed by atoms with E-state index >= 15 is 0 Å². The summed E-state index contributed by atoms with van der Waals surface area (Å²) in [5.74, 6) is 1.08. The van der Waals surface area contributed by atoms with E-state index in [1.807, 2.05) is 31.2 Å². The van der Waals surface area contributed by atoms with E-state index in [2.05, 4.69) is 36.4 Å². The molecule has 2 aromatic heterocycles. The van der Waals surface area contributed by atoms with E-state index in [4.69, 9.17) is 9.47 Å². The fraction of sp³-hybridized carbons (Fsp3) is 0.296. The van der Waals surface area contributed by atoms with Gasteiger partial charge in [0.2, 0.25) is 5.91 Å². The van der Waals surface area contributed by atoms with Crippen LogP contribution in [0.15, 0.2) is 59.7 Å². The fourth-order valence-corrected chi connectivity index (χ4v) is 3.99. The van der Waals surface area contributed by atoms with Gasteiger partial charge in [-0.15, -0.1) is 0 Å². The van der Waals surface area contributed by atoms with Gasteiger partial charge in [0.1, 0.15) is 5.52 Å². The average molecular weight is 475 g/mol. The standard InChI is InChI=1S/C27H30N4O4/c1-17-6-7-21(14-18(17)2)22-16-23-27(33)30(12-13-31(23)29-22)11-10-26(32)28-19(3)20-8-9-24(34-4)25(15-20)35-5/h6-9,12-16,19H,10-11H2,1-5H3,(H,28,32)/t19-/m0/s1. The van der Waals surface area contributed by atoms with Gasteiger partial charge in [-0.3, -0.25) is 9.59 Å². The molecule has 8 nitrogen and oxygen atoms in total. The van der Waals surface area contributed by atoms with E-state index in [0.717, 1.165) is 16.8 Å². The average Bonchev–Trinajstić information content (AvgIpc) is 3.30. The zero-order chi connectivity index (χ0) is 25.1. The molecule has 0 aliphatic carbocycles. The first-order chi connectivity index (χ1) is 16.8. The Bertz CT molecular complexity index is 1440. The SMILES string of the molecule is COc1ccc([C@H](C)NC(=O)CCn2ccn3nc(-c4ccc(C)c(C)c4)cc3c2=O)cc1OC. The Labute approximate surface area is 204 Å². The van der Waals surface area contributed by atoms with Gasteiger partial charge in [-0.1, -0.05) is 18.2 Å². The van der Waals surface area contributed by atoms with Gasteiger partial charge in [-0.25, -0.2) is 4.52 Å². The molecule has 4 aromatic rings. The second-order valence-electron chi connectivity index (χ2n) is 8.61. The number of aromatic nitrogens is 3. The normalized spacial score (nSPS) is 11.9. The van der Waals surface area contributed by atoms with Crippen molar-refractivity contribution in [2.75, 3.05) is 14.2 Å². The van der Waals surface area contributed by atoms with Crippen LogP contribution in [0, 0.1) is 13.8 Å². The molecule has 0 saturated heterocycles. The minimum atomic E-state index is -0.225. The molecular weight excluding hydrogens is 444 g/mol. The Morgan fingerprint density at radius 1 is 1.00 bits per heavy atom. The molecule has 0 unspecified atom stereocenters.